The molecule has 0 heterocycles. The number of methoxy groups -OCH3 is 1. The topological polar surface area (TPSA) is 55.4 Å². The molecule has 0 aromatic carbocycles. The summed E-state index contributed by atoms with van der Waals surface area (Å²) in [5.41, 5.74) is 0. The first kappa shape index (κ1) is 14.3. The van der Waals surface area contributed by atoms with Gasteiger partial charge in [-0.25, -0.2) is 13.1 Å². The Morgan fingerprint density at radius 3 is 2.64 bits per heavy atom. The maximum absolute atomic E-state index is 11.3. The maximum Gasteiger partial charge on any atom is 0.213 e. The fraction of sp³-hybridized carbons (Fsp3) is 1.00. The number of sulfonamides is 1. The monoisotopic (exact) mass is 287 g/mol. The number of ether oxygens (including phenoxy) is 1. The second-order valence-electron chi connectivity index (χ2n) is 3.00. The summed E-state index contributed by atoms with van der Waals surface area (Å²) < 4.78 is 29.7. The first-order valence-corrected chi connectivity index (χ1v) is 7.19. The van der Waals surface area contributed by atoms with Crippen molar-refractivity contribution in [2.75, 3.05) is 26.0 Å². The molecular weight excluding hydrogens is 270 g/mol. The summed E-state index contributed by atoms with van der Waals surface area (Å²) in [4.78, 5) is 0.382. The van der Waals surface area contributed by atoms with Gasteiger partial charge in [-0.15, -0.1) is 0 Å². The van der Waals surface area contributed by atoms with Gasteiger partial charge in [0.2, 0.25) is 10.0 Å². The van der Waals surface area contributed by atoms with Crippen molar-refractivity contribution in [1.82, 2.24) is 4.72 Å². The Morgan fingerprint density at radius 1 is 1.50 bits per heavy atom. The lowest BCUT2D eigenvalue weighted by Crippen LogP contribution is -2.30. The Labute approximate surface area is 94.6 Å². The average molecular weight is 288 g/mol. The van der Waals surface area contributed by atoms with Crippen LogP contribution in [0.25, 0.3) is 0 Å². The van der Waals surface area contributed by atoms with Gasteiger partial charge in [0.25, 0.3) is 0 Å². The summed E-state index contributed by atoms with van der Waals surface area (Å²) in [6.07, 6.45) is 1.81. The molecule has 1 unspecified atom stereocenters. The van der Waals surface area contributed by atoms with Gasteiger partial charge in [-0.05, 0) is 12.8 Å². The smallest absolute Gasteiger partial charge is 0.213 e. The highest BCUT2D eigenvalue weighted by Gasteiger charge is 2.09. The van der Waals surface area contributed by atoms with E-state index in [-0.39, 0.29) is 12.4 Å². The van der Waals surface area contributed by atoms with E-state index in [1.165, 1.54) is 7.11 Å². The Morgan fingerprint density at radius 2 is 2.14 bits per heavy atom. The molecule has 0 saturated carbocycles. The lowest BCUT2D eigenvalue weighted by atomic mass is 10.2. The van der Waals surface area contributed by atoms with Crippen molar-refractivity contribution in [1.29, 1.82) is 0 Å². The summed E-state index contributed by atoms with van der Waals surface area (Å²) in [5.74, 6) is 0.0303. The van der Waals surface area contributed by atoms with Crippen LogP contribution < -0.4 is 4.72 Å². The van der Waals surface area contributed by atoms with Gasteiger partial charge in [0.15, 0.2) is 0 Å². The quantitative estimate of drug-likeness (QED) is 0.681. The molecule has 0 saturated heterocycles. The predicted octanol–water partition coefficient (Wildman–Crippen LogP) is 1.12. The molecule has 0 aliphatic carbocycles. The van der Waals surface area contributed by atoms with Gasteiger partial charge in [-0.2, -0.15) is 0 Å². The van der Waals surface area contributed by atoms with Crippen LogP contribution in [-0.2, 0) is 14.8 Å². The van der Waals surface area contributed by atoms with E-state index in [4.69, 9.17) is 4.74 Å². The molecule has 0 aliphatic rings. The lowest BCUT2D eigenvalue weighted by molar-refractivity contribution is 0.217. The molecule has 4 nitrogen and oxygen atoms in total. The normalized spacial score (nSPS) is 14.2. The number of alkyl halides is 1. The van der Waals surface area contributed by atoms with Crippen molar-refractivity contribution in [2.45, 2.75) is 24.6 Å². The van der Waals surface area contributed by atoms with Crippen molar-refractivity contribution in [3.8, 4) is 0 Å². The van der Waals surface area contributed by atoms with Gasteiger partial charge in [-0.1, -0.05) is 22.9 Å². The Hall–Kier alpha value is 0.350. The van der Waals surface area contributed by atoms with E-state index in [0.717, 1.165) is 12.8 Å². The molecule has 0 bridgehead atoms. The van der Waals surface area contributed by atoms with Gasteiger partial charge in [0, 0.05) is 18.5 Å². The summed E-state index contributed by atoms with van der Waals surface area (Å²) in [5, 5.41) is 0. The van der Waals surface area contributed by atoms with Gasteiger partial charge < -0.3 is 4.74 Å². The second kappa shape index (κ2) is 7.62. The molecule has 0 amide bonds. The van der Waals surface area contributed by atoms with Crippen LogP contribution >= 0.6 is 15.9 Å². The van der Waals surface area contributed by atoms with Crippen LogP contribution in [0.5, 0.6) is 0 Å². The standard InChI is InChI=1S/C8H18BrNO3S/c1-3-8(9)4-5-10-14(11,12)7-6-13-2/h8,10H,3-7H2,1-2H3. The third kappa shape index (κ3) is 7.73. The lowest BCUT2D eigenvalue weighted by Gasteiger charge is -2.08. The van der Waals surface area contributed by atoms with Crippen LogP contribution in [0.1, 0.15) is 19.8 Å². The molecule has 1 atom stereocenters. The molecular formula is C8H18BrNO3S. The first-order valence-electron chi connectivity index (χ1n) is 4.62. The Bertz CT molecular complexity index is 231. The van der Waals surface area contributed by atoms with E-state index in [1.54, 1.807) is 0 Å². The number of hydrogen-bond donors (Lipinski definition) is 1. The zero-order valence-electron chi connectivity index (χ0n) is 8.62. The van der Waals surface area contributed by atoms with E-state index in [2.05, 4.69) is 27.6 Å². The first-order chi connectivity index (χ1) is 6.52. The zero-order valence-corrected chi connectivity index (χ0v) is 11.0. The average Bonchev–Trinajstić information content (AvgIpc) is 2.14. The summed E-state index contributed by atoms with van der Waals surface area (Å²) >= 11 is 3.44. The molecule has 0 rings (SSSR count). The van der Waals surface area contributed by atoms with Crippen LogP contribution in [0, 0.1) is 0 Å². The highest BCUT2D eigenvalue weighted by Crippen LogP contribution is 2.07. The zero-order chi connectivity index (χ0) is 11.0. The number of nitrogens with one attached hydrogen (secondary N) is 1. The van der Waals surface area contributed by atoms with Crippen molar-refractivity contribution in [2.24, 2.45) is 0 Å². The van der Waals surface area contributed by atoms with Gasteiger partial charge in [0.05, 0.1) is 12.4 Å². The van der Waals surface area contributed by atoms with Crippen LogP contribution in [0.3, 0.4) is 0 Å². The number of rotatable bonds is 8. The predicted molar refractivity (Wildman–Crippen MR) is 61.3 cm³/mol. The van der Waals surface area contributed by atoms with Crippen LogP contribution in [-0.4, -0.2) is 39.3 Å². The van der Waals surface area contributed by atoms with Crippen LogP contribution in [0.4, 0.5) is 0 Å². The summed E-state index contributed by atoms with van der Waals surface area (Å²) in [7, 11) is -1.66. The van der Waals surface area contributed by atoms with Crippen LogP contribution in [0.15, 0.2) is 0 Å². The van der Waals surface area contributed by atoms with Crippen molar-refractivity contribution < 1.29 is 13.2 Å². The van der Waals surface area contributed by atoms with E-state index < -0.39 is 10.0 Å². The minimum absolute atomic E-state index is 0.0303. The Kier molecular flexibility index (Phi) is 7.81. The van der Waals surface area contributed by atoms with Crippen molar-refractivity contribution in [3.63, 3.8) is 0 Å². The van der Waals surface area contributed by atoms with E-state index >= 15 is 0 Å². The molecule has 0 fully saturated rings. The number of hydrogen-bond acceptors (Lipinski definition) is 3. The van der Waals surface area contributed by atoms with Gasteiger partial charge in [0.1, 0.15) is 0 Å². The SMILES string of the molecule is CCC(Br)CCNS(=O)(=O)CCOC. The van der Waals surface area contributed by atoms with E-state index in [0.29, 0.717) is 11.4 Å². The minimum atomic E-state index is -3.14. The highest BCUT2D eigenvalue weighted by atomic mass is 79.9. The molecule has 1 N–H and O–H groups in total. The summed E-state index contributed by atoms with van der Waals surface area (Å²) in [6.45, 7) is 2.77. The molecule has 0 aliphatic heterocycles. The molecule has 14 heavy (non-hydrogen) atoms. The van der Waals surface area contributed by atoms with Crippen molar-refractivity contribution >= 4 is 26.0 Å². The van der Waals surface area contributed by atoms with Crippen LogP contribution in [0.2, 0.25) is 0 Å². The third-order valence-corrected chi connectivity index (χ3v) is 4.23. The molecule has 6 heteroatoms. The van der Waals surface area contributed by atoms with E-state index in [9.17, 15) is 8.42 Å². The fourth-order valence-corrected chi connectivity index (χ4v) is 2.03. The van der Waals surface area contributed by atoms with E-state index in [1.807, 2.05) is 0 Å². The van der Waals surface area contributed by atoms with Gasteiger partial charge in [-0.3, -0.25) is 0 Å². The number of halogens is 1. The largest absolute Gasteiger partial charge is 0.384 e. The Balaban J connectivity index is 3.66. The molecule has 0 spiro atoms. The second-order valence-corrected chi connectivity index (χ2v) is 6.22. The minimum Gasteiger partial charge on any atom is -0.384 e. The fourth-order valence-electron chi connectivity index (χ4n) is 0.840. The molecule has 0 radical (unpaired) electrons. The highest BCUT2D eigenvalue weighted by molar-refractivity contribution is 9.09. The third-order valence-electron chi connectivity index (χ3n) is 1.78. The maximum atomic E-state index is 11.3. The van der Waals surface area contributed by atoms with Crippen molar-refractivity contribution in [3.05, 3.63) is 0 Å². The molecule has 86 valence electrons. The molecule has 0 aromatic heterocycles. The summed E-state index contributed by atoms with van der Waals surface area (Å²) in [6, 6.07) is 0. The molecule has 0 aromatic rings. The van der Waals surface area contributed by atoms with Gasteiger partial charge >= 0.3 is 0 Å².